The second kappa shape index (κ2) is 2.85. The van der Waals surface area contributed by atoms with E-state index in [0.717, 1.165) is 12.0 Å². The molecule has 3 rings (SSSR count). The molecular weight excluding hydrogens is 158 g/mol. The van der Waals surface area contributed by atoms with Crippen molar-refractivity contribution in [3.05, 3.63) is 35.4 Å². The Morgan fingerprint density at radius 1 is 1.23 bits per heavy atom. The Kier molecular flexibility index (Phi) is 1.66. The van der Waals surface area contributed by atoms with Gasteiger partial charge in [-0.1, -0.05) is 24.3 Å². The van der Waals surface area contributed by atoms with E-state index in [1.807, 2.05) is 0 Å². The Hall–Kier alpha value is -0.820. The quantitative estimate of drug-likeness (QED) is 0.685. The predicted molar refractivity (Wildman–Crippen MR) is 53.9 cm³/mol. The molecule has 2 aliphatic rings. The molecule has 1 aliphatic heterocycles. The van der Waals surface area contributed by atoms with E-state index >= 15 is 0 Å². The van der Waals surface area contributed by atoms with Gasteiger partial charge in [-0.2, -0.15) is 0 Å². The molecule has 2 atom stereocenters. The maximum Gasteiger partial charge on any atom is 0.0140 e. The molecule has 1 heterocycles. The van der Waals surface area contributed by atoms with Gasteiger partial charge in [0.05, 0.1) is 0 Å². The van der Waals surface area contributed by atoms with Crippen molar-refractivity contribution in [2.24, 2.45) is 0 Å². The van der Waals surface area contributed by atoms with Crippen LogP contribution in [0.1, 0.15) is 29.9 Å². The van der Waals surface area contributed by atoms with E-state index < -0.39 is 0 Å². The number of benzene rings is 1. The molecule has 0 aromatic heterocycles. The minimum atomic E-state index is 0.773. The van der Waals surface area contributed by atoms with Gasteiger partial charge >= 0.3 is 0 Å². The molecule has 2 unspecified atom stereocenters. The van der Waals surface area contributed by atoms with Crippen LogP contribution >= 0.6 is 0 Å². The van der Waals surface area contributed by atoms with Crippen LogP contribution in [0.4, 0.5) is 0 Å². The van der Waals surface area contributed by atoms with E-state index in [-0.39, 0.29) is 0 Å². The summed E-state index contributed by atoms with van der Waals surface area (Å²) in [6.45, 7) is 1.23. The standard InChI is InChI=1S/C12H15N/c1-2-5-10-9(4-1)8-11(10)12-6-3-7-13-12/h1-2,4-5,11-13H,3,6-8H2. The average Bonchev–Trinajstić information content (AvgIpc) is 2.60. The molecule has 0 radical (unpaired) electrons. The highest BCUT2D eigenvalue weighted by atomic mass is 14.9. The molecule has 1 saturated heterocycles. The van der Waals surface area contributed by atoms with Gasteiger partial charge in [0.1, 0.15) is 0 Å². The van der Waals surface area contributed by atoms with Gasteiger partial charge in [-0.3, -0.25) is 0 Å². The number of hydrogen-bond acceptors (Lipinski definition) is 1. The lowest BCUT2D eigenvalue weighted by Crippen LogP contribution is -2.35. The van der Waals surface area contributed by atoms with E-state index in [4.69, 9.17) is 0 Å². The van der Waals surface area contributed by atoms with Gasteiger partial charge in [0.25, 0.3) is 0 Å². The fourth-order valence-corrected chi connectivity index (χ4v) is 2.71. The summed E-state index contributed by atoms with van der Waals surface area (Å²) >= 11 is 0. The van der Waals surface area contributed by atoms with Crippen molar-refractivity contribution in [2.75, 3.05) is 6.54 Å². The SMILES string of the molecule is c1ccc2c(c1)CC2C1CCCN1. The molecule has 1 heteroatoms. The molecule has 0 spiro atoms. The highest BCUT2D eigenvalue weighted by Gasteiger charge is 2.33. The normalized spacial score (nSPS) is 31.1. The summed E-state index contributed by atoms with van der Waals surface area (Å²) in [5.74, 6) is 0.818. The molecule has 1 N–H and O–H groups in total. The van der Waals surface area contributed by atoms with E-state index in [9.17, 15) is 0 Å². The Morgan fingerprint density at radius 3 is 2.92 bits per heavy atom. The minimum absolute atomic E-state index is 0.773. The zero-order chi connectivity index (χ0) is 8.67. The van der Waals surface area contributed by atoms with Gasteiger partial charge in [-0.15, -0.1) is 0 Å². The average molecular weight is 173 g/mol. The van der Waals surface area contributed by atoms with Crippen LogP contribution in [-0.2, 0) is 6.42 Å². The lowest BCUT2D eigenvalue weighted by molar-refractivity contribution is 0.447. The largest absolute Gasteiger partial charge is 0.313 e. The second-order valence-electron chi connectivity index (χ2n) is 4.21. The lowest BCUT2D eigenvalue weighted by Gasteiger charge is -2.34. The van der Waals surface area contributed by atoms with Crippen molar-refractivity contribution in [2.45, 2.75) is 31.2 Å². The van der Waals surface area contributed by atoms with Gasteiger partial charge in [-0.05, 0) is 36.9 Å². The van der Waals surface area contributed by atoms with E-state index in [0.29, 0.717) is 0 Å². The molecule has 0 saturated carbocycles. The van der Waals surface area contributed by atoms with Crippen LogP contribution in [0.2, 0.25) is 0 Å². The van der Waals surface area contributed by atoms with E-state index in [2.05, 4.69) is 29.6 Å². The first-order valence-electron chi connectivity index (χ1n) is 5.26. The van der Waals surface area contributed by atoms with Crippen molar-refractivity contribution >= 4 is 0 Å². The molecule has 1 nitrogen and oxygen atoms in total. The van der Waals surface area contributed by atoms with Crippen molar-refractivity contribution in [3.63, 3.8) is 0 Å². The fraction of sp³-hybridized carbons (Fsp3) is 0.500. The number of nitrogens with one attached hydrogen (secondary N) is 1. The zero-order valence-electron chi connectivity index (χ0n) is 7.79. The zero-order valence-corrected chi connectivity index (χ0v) is 7.79. The molecule has 1 fully saturated rings. The summed E-state index contributed by atoms with van der Waals surface area (Å²) in [5.41, 5.74) is 3.17. The third-order valence-electron chi connectivity index (χ3n) is 3.48. The van der Waals surface area contributed by atoms with Gasteiger partial charge in [0.15, 0.2) is 0 Å². The van der Waals surface area contributed by atoms with Crippen molar-refractivity contribution in [1.82, 2.24) is 5.32 Å². The van der Waals surface area contributed by atoms with Crippen molar-refractivity contribution in [1.29, 1.82) is 0 Å². The molecule has 0 bridgehead atoms. The minimum Gasteiger partial charge on any atom is -0.313 e. The highest BCUT2D eigenvalue weighted by Crippen LogP contribution is 2.39. The maximum absolute atomic E-state index is 3.60. The van der Waals surface area contributed by atoms with Crippen LogP contribution in [0, 0.1) is 0 Å². The molecule has 1 aliphatic carbocycles. The molecule has 13 heavy (non-hydrogen) atoms. The van der Waals surface area contributed by atoms with Crippen LogP contribution < -0.4 is 5.32 Å². The first-order valence-corrected chi connectivity index (χ1v) is 5.26. The lowest BCUT2D eigenvalue weighted by atomic mass is 9.73. The monoisotopic (exact) mass is 173 g/mol. The van der Waals surface area contributed by atoms with E-state index in [1.54, 1.807) is 11.1 Å². The summed E-state index contributed by atoms with van der Waals surface area (Å²) in [6, 6.07) is 9.65. The van der Waals surface area contributed by atoms with Crippen molar-refractivity contribution < 1.29 is 0 Å². The number of hydrogen-bond donors (Lipinski definition) is 1. The summed E-state index contributed by atoms with van der Waals surface area (Å²) in [7, 11) is 0. The third-order valence-corrected chi connectivity index (χ3v) is 3.48. The van der Waals surface area contributed by atoms with Crippen LogP contribution in [0.25, 0.3) is 0 Å². The topological polar surface area (TPSA) is 12.0 Å². The maximum atomic E-state index is 3.60. The van der Waals surface area contributed by atoms with Crippen molar-refractivity contribution in [3.8, 4) is 0 Å². The van der Waals surface area contributed by atoms with Gasteiger partial charge in [-0.25, -0.2) is 0 Å². The summed E-state index contributed by atoms with van der Waals surface area (Å²) in [5, 5.41) is 3.60. The summed E-state index contributed by atoms with van der Waals surface area (Å²) in [6.07, 6.45) is 4.04. The van der Waals surface area contributed by atoms with E-state index in [1.165, 1.54) is 25.8 Å². The second-order valence-corrected chi connectivity index (χ2v) is 4.21. The molecule has 0 amide bonds. The first-order chi connectivity index (χ1) is 6.45. The molecule has 1 aromatic carbocycles. The Labute approximate surface area is 79.2 Å². The third kappa shape index (κ3) is 1.11. The predicted octanol–water partition coefficient (Wildman–Crippen LogP) is 2.08. The van der Waals surface area contributed by atoms with Gasteiger partial charge < -0.3 is 5.32 Å². The Balaban J connectivity index is 1.84. The Bertz CT molecular complexity index is 313. The first kappa shape index (κ1) is 7.57. The number of rotatable bonds is 1. The Morgan fingerprint density at radius 2 is 2.15 bits per heavy atom. The highest BCUT2D eigenvalue weighted by molar-refractivity contribution is 5.41. The molecular formula is C12H15N. The number of fused-ring (bicyclic) bond motifs is 1. The summed E-state index contributed by atoms with van der Waals surface area (Å²) in [4.78, 5) is 0. The van der Waals surface area contributed by atoms with Gasteiger partial charge in [0, 0.05) is 12.0 Å². The van der Waals surface area contributed by atoms with Crippen LogP contribution in [0.3, 0.4) is 0 Å². The smallest absolute Gasteiger partial charge is 0.0140 e. The van der Waals surface area contributed by atoms with Crippen LogP contribution in [0.15, 0.2) is 24.3 Å². The molecule has 68 valence electrons. The fourth-order valence-electron chi connectivity index (χ4n) is 2.71. The van der Waals surface area contributed by atoms with Crippen LogP contribution in [0.5, 0.6) is 0 Å². The van der Waals surface area contributed by atoms with Gasteiger partial charge in [0.2, 0.25) is 0 Å². The summed E-state index contributed by atoms with van der Waals surface area (Å²) < 4.78 is 0. The molecule has 1 aromatic rings. The van der Waals surface area contributed by atoms with Crippen LogP contribution in [-0.4, -0.2) is 12.6 Å².